The molecule has 0 unspecified atom stereocenters. The fourth-order valence-electron chi connectivity index (χ4n) is 2.34. The average Bonchev–Trinajstić information content (AvgIpc) is 2.70. The summed E-state index contributed by atoms with van der Waals surface area (Å²) in [5.74, 6) is -0.494. The van der Waals surface area contributed by atoms with Crippen molar-refractivity contribution in [1.29, 1.82) is 0 Å². The highest BCUT2D eigenvalue weighted by atomic mass is 79.9. The second kappa shape index (κ2) is 5.50. The van der Waals surface area contributed by atoms with Crippen molar-refractivity contribution in [3.63, 3.8) is 0 Å². The molecule has 8 heteroatoms. The molecule has 6 nitrogen and oxygen atoms in total. The van der Waals surface area contributed by atoms with Gasteiger partial charge in [0.25, 0.3) is 5.91 Å². The maximum absolute atomic E-state index is 12.0. The van der Waals surface area contributed by atoms with Crippen molar-refractivity contribution in [3.05, 3.63) is 16.5 Å². The molecule has 1 aliphatic carbocycles. The molecule has 1 aliphatic rings. The molecular weight excluding hydrogens is 348 g/mol. The Hall–Kier alpha value is -0.860. The van der Waals surface area contributed by atoms with Crippen molar-refractivity contribution in [2.24, 2.45) is 10.6 Å². The minimum Gasteiger partial charge on any atom is -0.443 e. The predicted octanol–water partition coefficient (Wildman–Crippen LogP) is 2.00. The Balaban J connectivity index is 2.07. The van der Waals surface area contributed by atoms with E-state index in [9.17, 15) is 13.2 Å². The van der Waals surface area contributed by atoms with E-state index >= 15 is 0 Å². The third kappa shape index (κ3) is 3.07. The Labute approximate surface area is 126 Å². The molecule has 1 aromatic rings. The van der Waals surface area contributed by atoms with Crippen LogP contribution in [0.25, 0.3) is 0 Å². The van der Waals surface area contributed by atoms with Gasteiger partial charge in [0.2, 0.25) is 10.0 Å². The lowest BCUT2D eigenvalue weighted by atomic mass is 9.67. The number of carbonyl (C=O) groups excluding carboxylic acids is 1. The van der Waals surface area contributed by atoms with E-state index in [-0.39, 0.29) is 20.7 Å². The Morgan fingerprint density at radius 2 is 2.20 bits per heavy atom. The van der Waals surface area contributed by atoms with Gasteiger partial charge in [0.15, 0.2) is 10.4 Å². The summed E-state index contributed by atoms with van der Waals surface area (Å²) >= 11 is 2.94. The van der Waals surface area contributed by atoms with Crippen molar-refractivity contribution in [2.75, 3.05) is 6.54 Å². The number of hydrogen-bond acceptors (Lipinski definition) is 4. The number of nitrogens with two attached hydrogens (primary N) is 1. The van der Waals surface area contributed by atoms with Crippen molar-refractivity contribution in [2.45, 2.75) is 37.5 Å². The summed E-state index contributed by atoms with van der Waals surface area (Å²) in [5, 5.41) is 7.81. The van der Waals surface area contributed by atoms with Gasteiger partial charge in [-0.25, -0.2) is 13.6 Å². The first-order valence-corrected chi connectivity index (χ1v) is 8.72. The predicted molar refractivity (Wildman–Crippen MR) is 76.7 cm³/mol. The van der Waals surface area contributed by atoms with Gasteiger partial charge >= 0.3 is 0 Å². The van der Waals surface area contributed by atoms with E-state index < -0.39 is 15.9 Å². The number of sulfonamides is 1. The van der Waals surface area contributed by atoms with E-state index in [1.807, 2.05) is 0 Å². The molecule has 20 heavy (non-hydrogen) atoms. The van der Waals surface area contributed by atoms with Gasteiger partial charge < -0.3 is 9.73 Å². The van der Waals surface area contributed by atoms with Gasteiger partial charge in [-0.05, 0) is 40.6 Å². The van der Waals surface area contributed by atoms with Crippen LogP contribution in [0.1, 0.15) is 43.2 Å². The largest absolute Gasteiger partial charge is 0.443 e. The zero-order chi connectivity index (χ0) is 15.0. The number of rotatable bonds is 5. The number of hydrogen-bond donors (Lipinski definition) is 2. The van der Waals surface area contributed by atoms with Crippen LogP contribution in [0, 0.1) is 5.41 Å². The Bertz CT molecular complexity index is 614. The first kappa shape index (κ1) is 15.5. The first-order valence-electron chi connectivity index (χ1n) is 6.38. The molecule has 2 rings (SSSR count). The van der Waals surface area contributed by atoms with Gasteiger partial charge in [-0.15, -0.1) is 0 Å². The van der Waals surface area contributed by atoms with Crippen LogP contribution in [0.15, 0.2) is 20.0 Å². The quantitative estimate of drug-likeness (QED) is 0.833. The fourth-order valence-corrected chi connectivity index (χ4v) is 3.85. The van der Waals surface area contributed by atoms with Gasteiger partial charge in [0.05, 0.1) is 0 Å². The summed E-state index contributed by atoms with van der Waals surface area (Å²) in [6, 6.07) is 1.13. The molecule has 3 N–H and O–H groups in total. The minimum absolute atomic E-state index is 0.0565. The van der Waals surface area contributed by atoms with E-state index in [0.29, 0.717) is 6.54 Å². The monoisotopic (exact) mass is 364 g/mol. The molecule has 0 radical (unpaired) electrons. The second-order valence-electron chi connectivity index (χ2n) is 5.18. The standard InChI is InChI=1S/C12H17BrN2O4S/c1-2-12(4-3-5-12)7-15-11(16)8-6-9(10(13)19-8)20(14,17)18/h6H,2-5,7H2,1H3,(H,15,16)(H2,14,17,18). The number of amides is 1. The lowest BCUT2D eigenvalue weighted by Gasteiger charge is -2.41. The summed E-state index contributed by atoms with van der Waals surface area (Å²) in [7, 11) is -3.91. The molecule has 0 bridgehead atoms. The molecule has 1 amide bonds. The second-order valence-corrected chi connectivity index (χ2v) is 7.43. The van der Waals surface area contributed by atoms with E-state index in [0.717, 1.165) is 25.3 Å². The number of halogens is 1. The van der Waals surface area contributed by atoms with Crippen LogP contribution in [0.2, 0.25) is 0 Å². The maximum Gasteiger partial charge on any atom is 0.287 e. The van der Waals surface area contributed by atoms with E-state index in [1.54, 1.807) is 0 Å². The topological polar surface area (TPSA) is 102 Å². The first-order chi connectivity index (χ1) is 9.27. The highest BCUT2D eigenvalue weighted by Gasteiger charge is 2.35. The molecule has 0 spiro atoms. The van der Waals surface area contributed by atoms with Crippen LogP contribution in [0.4, 0.5) is 0 Å². The van der Waals surface area contributed by atoms with Crippen LogP contribution < -0.4 is 10.5 Å². The molecule has 1 fully saturated rings. The zero-order valence-electron chi connectivity index (χ0n) is 11.1. The highest BCUT2D eigenvalue weighted by molar-refractivity contribution is 9.10. The molecule has 112 valence electrons. The van der Waals surface area contributed by atoms with Crippen LogP contribution in [0.5, 0.6) is 0 Å². The van der Waals surface area contributed by atoms with E-state index in [4.69, 9.17) is 9.56 Å². The number of carbonyl (C=O) groups is 1. The van der Waals surface area contributed by atoms with Gasteiger partial charge in [-0.2, -0.15) is 0 Å². The molecule has 1 aromatic heterocycles. The summed E-state index contributed by atoms with van der Waals surface area (Å²) in [6.45, 7) is 2.68. The average molecular weight is 365 g/mol. The fraction of sp³-hybridized carbons (Fsp3) is 0.583. The van der Waals surface area contributed by atoms with Gasteiger partial charge in [0, 0.05) is 12.6 Å². The Kier molecular flexibility index (Phi) is 4.27. The number of furan rings is 1. The molecule has 1 heterocycles. The minimum atomic E-state index is -3.91. The van der Waals surface area contributed by atoms with Gasteiger partial charge in [0.1, 0.15) is 4.90 Å². The van der Waals surface area contributed by atoms with Gasteiger partial charge in [-0.3, -0.25) is 4.79 Å². The van der Waals surface area contributed by atoms with Gasteiger partial charge in [-0.1, -0.05) is 13.3 Å². The molecule has 0 atom stereocenters. The number of primary sulfonamides is 1. The van der Waals surface area contributed by atoms with Crippen molar-refractivity contribution in [3.8, 4) is 0 Å². The molecule has 0 aliphatic heterocycles. The molecule has 0 aromatic carbocycles. The van der Waals surface area contributed by atoms with Crippen molar-refractivity contribution < 1.29 is 17.6 Å². The van der Waals surface area contributed by atoms with E-state index in [2.05, 4.69) is 28.2 Å². The third-order valence-corrected chi connectivity index (χ3v) is 5.74. The lowest BCUT2D eigenvalue weighted by molar-refractivity contribution is 0.0824. The Morgan fingerprint density at radius 1 is 1.55 bits per heavy atom. The summed E-state index contributed by atoms with van der Waals surface area (Å²) in [5.41, 5.74) is 0.183. The smallest absolute Gasteiger partial charge is 0.287 e. The maximum atomic E-state index is 12.0. The number of nitrogens with one attached hydrogen (secondary N) is 1. The van der Waals surface area contributed by atoms with E-state index in [1.165, 1.54) is 6.42 Å². The van der Waals surface area contributed by atoms with Crippen molar-refractivity contribution >= 4 is 31.9 Å². The SMILES string of the molecule is CCC1(CNC(=O)c2cc(S(N)(=O)=O)c(Br)o2)CCC1. The normalized spacial score (nSPS) is 17.6. The zero-order valence-corrected chi connectivity index (χ0v) is 13.5. The lowest BCUT2D eigenvalue weighted by Crippen LogP contribution is -2.41. The van der Waals surface area contributed by atoms with Crippen LogP contribution in [-0.4, -0.2) is 20.9 Å². The molecular formula is C12H17BrN2O4S. The Morgan fingerprint density at radius 3 is 2.60 bits per heavy atom. The summed E-state index contributed by atoms with van der Waals surface area (Å²) in [6.07, 6.45) is 4.41. The molecule has 0 saturated heterocycles. The highest BCUT2D eigenvalue weighted by Crippen LogP contribution is 2.43. The molecule has 1 saturated carbocycles. The summed E-state index contributed by atoms with van der Waals surface area (Å²) in [4.78, 5) is 11.8. The van der Waals surface area contributed by atoms with Crippen molar-refractivity contribution in [1.82, 2.24) is 5.32 Å². The third-order valence-electron chi connectivity index (χ3n) is 3.97. The van der Waals surface area contributed by atoms with Crippen LogP contribution in [0.3, 0.4) is 0 Å². The van der Waals surface area contributed by atoms with Crippen LogP contribution >= 0.6 is 15.9 Å². The van der Waals surface area contributed by atoms with Crippen LogP contribution in [-0.2, 0) is 10.0 Å². The summed E-state index contributed by atoms with van der Waals surface area (Å²) < 4.78 is 27.6.